The molecular weight excluding hydrogens is 314 g/mol. The zero-order valence-corrected chi connectivity index (χ0v) is 14.7. The number of rotatable bonds is 7. The average molecular weight is 339 g/mol. The second kappa shape index (κ2) is 8.75. The Kier molecular flexibility index (Phi) is 6.69. The summed E-state index contributed by atoms with van der Waals surface area (Å²) in [5.41, 5.74) is 0.360. The summed E-state index contributed by atoms with van der Waals surface area (Å²) in [6.45, 7) is 5.70. The van der Waals surface area contributed by atoms with Crippen LogP contribution in [0.3, 0.4) is 0 Å². The van der Waals surface area contributed by atoms with Crippen molar-refractivity contribution < 1.29 is 28.5 Å². The molecule has 0 amide bonds. The maximum atomic E-state index is 12.4. The van der Waals surface area contributed by atoms with E-state index in [1.54, 1.807) is 12.1 Å². The summed E-state index contributed by atoms with van der Waals surface area (Å²) in [4.78, 5) is 14.6. The summed E-state index contributed by atoms with van der Waals surface area (Å²) >= 11 is 0. The van der Waals surface area contributed by atoms with Crippen LogP contribution in [0.25, 0.3) is 0 Å². The van der Waals surface area contributed by atoms with E-state index < -0.39 is 5.97 Å². The molecule has 0 bridgehead atoms. The van der Waals surface area contributed by atoms with Crippen molar-refractivity contribution in [3.63, 3.8) is 0 Å². The van der Waals surface area contributed by atoms with E-state index in [4.69, 9.17) is 23.7 Å². The molecule has 0 N–H and O–H groups in total. The molecule has 7 heteroatoms. The van der Waals surface area contributed by atoms with Gasteiger partial charge >= 0.3 is 5.97 Å². The van der Waals surface area contributed by atoms with Crippen molar-refractivity contribution in [1.29, 1.82) is 0 Å². The van der Waals surface area contributed by atoms with Gasteiger partial charge in [-0.15, -0.1) is 0 Å². The maximum absolute atomic E-state index is 12.4. The van der Waals surface area contributed by atoms with Crippen LogP contribution in [0.5, 0.6) is 17.2 Å². The lowest BCUT2D eigenvalue weighted by molar-refractivity contribution is 0.000408. The van der Waals surface area contributed by atoms with Gasteiger partial charge in [0.2, 0.25) is 5.75 Å². The van der Waals surface area contributed by atoms with Crippen molar-refractivity contribution in [3.8, 4) is 17.2 Å². The highest BCUT2D eigenvalue weighted by molar-refractivity contribution is 5.91. The molecule has 0 unspecified atom stereocenters. The maximum Gasteiger partial charge on any atom is 0.338 e. The summed E-state index contributed by atoms with van der Waals surface area (Å²) in [6.07, 6.45) is -0.227. The molecule has 134 valence electrons. The molecule has 7 nitrogen and oxygen atoms in total. The lowest BCUT2D eigenvalue weighted by atomic mass is 10.2. The molecule has 0 aromatic heterocycles. The molecular formula is C17H25NO6. The van der Waals surface area contributed by atoms with Gasteiger partial charge in [-0.1, -0.05) is 0 Å². The summed E-state index contributed by atoms with van der Waals surface area (Å²) in [7, 11) is 4.53. The minimum absolute atomic E-state index is 0.227. The molecule has 0 saturated carbocycles. The molecule has 1 aromatic rings. The van der Waals surface area contributed by atoms with Crippen LogP contribution in [0, 0.1) is 0 Å². The minimum Gasteiger partial charge on any atom is -0.493 e. The number of hydrogen-bond donors (Lipinski definition) is 0. The molecule has 1 saturated heterocycles. The van der Waals surface area contributed by atoms with Crippen molar-refractivity contribution in [1.82, 2.24) is 4.90 Å². The minimum atomic E-state index is -0.421. The number of hydrogen-bond acceptors (Lipinski definition) is 7. The Bertz CT molecular complexity index is 531. The molecule has 2 rings (SSSR count). The van der Waals surface area contributed by atoms with Crippen LogP contribution in [0.1, 0.15) is 17.3 Å². The molecule has 1 aliphatic rings. The third kappa shape index (κ3) is 4.52. The largest absolute Gasteiger partial charge is 0.493 e. The van der Waals surface area contributed by atoms with Gasteiger partial charge in [0.1, 0.15) is 6.10 Å². The van der Waals surface area contributed by atoms with Crippen molar-refractivity contribution >= 4 is 5.97 Å². The van der Waals surface area contributed by atoms with Gasteiger partial charge in [0.15, 0.2) is 11.5 Å². The summed E-state index contributed by atoms with van der Waals surface area (Å²) in [5, 5.41) is 0. The van der Waals surface area contributed by atoms with Gasteiger partial charge < -0.3 is 23.7 Å². The quantitative estimate of drug-likeness (QED) is 0.699. The van der Waals surface area contributed by atoms with Crippen molar-refractivity contribution in [2.45, 2.75) is 13.0 Å². The Morgan fingerprint density at radius 3 is 2.21 bits per heavy atom. The summed E-state index contributed by atoms with van der Waals surface area (Å²) in [6, 6.07) is 3.18. The number of carbonyl (C=O) groups is 1. The predicted octanol–water partition coefficient (Wildman–Crippen LogP) is 1.59. The van der Waals surface area contributed by atoms with Gasteiger partial charge in [-0.2, -0.15) is 0 Å². The standard InChI is InChI=1S/C17H25NO6/c1-12(11-18-5-7-23-8-6-18)24-17(19)13-9-14(20-2)16(22-4)15(10-13)21-3/h9-10,12H,5-8,11H2,1-4H3/t12-/m1/s1. The SMILES string of the molecule is COc1cc(C(=O)O[C@H](C)CN2CCOCC2)cc(OC)c1OC. The van der Waals surface area contributed by atoms with Crippen LogP contribution in [0.4, 0.5) is 0 Å². The highest BCUT2D eigenvalue weighted by atomic mass is 16.5. The highest BCUT2D eigenvalue weighted by Gasteiger charge is 2.21. The monoisotopic (exact) mass is 339 g/mol. The Morgan fingerprint density at radius 2 is 1.71 bits per heavy atom. The second-order valence-corrected chi connectivity index (χ2v) is 5.54. The molecule has 1 aromatic carbocycles. The molecule has 1 heterocycles. The van der Waals surface area contributed by atoms with Crippen LogP contribution < -0.4 is 14.2 Å². The first-order chi connectivity index (χ1) is 11.6. The first-order valence-electron chi connectivity index (χ1n) is 7.90. The van der Waals surface area contributed by atoms with E-state index in [2.05, 4.69) is 4.90 Å². The fraction of sp³-hybridized carbons (Fsp3) is 0.588. The van der Waals surface area contributed by atoms with E-state index in [1.807, 2.05) is 6.92 Å². The first kappa shape index (κ1) is 18.4. The lowest BCUT2D eigenvalue weighted by Gasteiger charge is -2.28. The fourth-order valence-electron chi connectivity index (χ4n) is 2.63. The van der Waals surface area contributed by atoms with Crippen molar-refractivity contribution in [3.05, 3.63) is 17.7 Å². The smallest absolute Gasteiger partial charge is 0.338 e. The number of methoxy groups -OCH3 is 3. The Morgan fingerprint density at radius 1 is 1.12 bits per heavy atom. The average Bonchev–Trinajstić information content (AvgIpc) is 2.60. The number of nitrogens with zero attached hydrogens (tertiary/aromatic N) is 1. The van der Waals surface area contributed by atoms with Crippen LogP contribution >= 0.6 is 0 Å². The van der Waals surface area contributed by atoms with Gasteiger partial charge in [0, 0.05) is 19.6 Å². The van der Waals surface area contributed by atoms with Gasteiger partial charge in [-0.3, -0.25) is 4.90 Å². The normalized spacial score (nSPS) is 16.3. The van der Waals surface area contributed by atoms with E-state index in [-0.39, 0.29) is 6.10 Å². The van der Waals surface area contributed by atoms with E-state index in [1.165, 1.54) is 21.3 Å². The van der Waals surface area contributed by atoms with Crippen molar-refractivity contribution in [2.24, 2.45) is 0 Å². The zero-order valence-electron chi connectivity index (χ0n) is 14.7. The summed E-state index contributed by atoms with van der Waals surface area (Å²) < 4.78 is 26.6. The Balaban J connectivity index is 2.05. The van der Waals surface area contributed by atoms with E-state index >= 15 is 0 Å². The lowest BCUT2D eigenvalue weighted by Crippen LogP contribution is -2.41. The van der Waals surface area contributed by atoms with Crippen LogP contribution in [0.2, 0.25) is 0 Å². The van der Waals surface area contributed by atoms with Gasteiger partial charge in [-0.25, -0.2) is 4.79 Å². The molecule has 0 radical (unpaired) electrons. The molecule has 24 heavy (non-hydrogen) atoms. The zero-order chi connectivity index (χ0) is 17.5. The van der Waals surface area contributed by atoms with E-state index in [9.17, 15) is 4.79 Å². The number of esters is 1. The predicted molar refractivity (Wildman–Crippen MR) is 88.2 cm³/mol. The van der Waals surface area contributed by atoms with E-state index in [0.29, 0.717) is 42.6 Å². The fourth-order valence-corrected chi connectivity index (χ4v) is 2.63. The Hall–Kier alpha value is -1.99. The molecule has 1 fully saturated rings. The Labute approximate surface area is 142 Å². The van der Waals surface area contributed by atoms with Crippen molar-refractivity contribution in [2.75, 3.05) is 54.2 Å². The molecule has 1 atom stereocenters. The first-order valence-corrected chi connectivity index (χ1v) is 7.90. The third-order valence-electron chi connectivity index (χ3n) is 3.83. The van der Waals surface area contributed by atoms with E-state index in [0.717, 1.165) is 13.1 Å². The topological polar surface area (TPSA) is 66.5 Å². The highest BCUT2D eigenvalue weighted by Crippen LogP contribution is 2.38. The number of carbonyl (C=O) groups excluding carboxylic acids is 1. The van der Waals surface area contributed by atoms with Crippen LogP contribution in [0.15, 0.2) is 12.1 Å². The van der Waals surface area contributed by atoms with Gasteiger partial charge in [0.05, 0.1) is 40.1 Å². The molecule has 0 aliphatic carbocycles. The number of morpholine rings is 1. The third-order valence-corrected chi connectivity index (χ3v) is 3.83. The van der Waals surface area contributed by atoms with Crippen LogP contribution in [-0.4, -0.2) is 71.2 Å². The number of benzene rings is 1. The second-order valence-electron chi connectivity index (χ2n) is 5.54. The van der Waals surface area contributed by atoms with Crippen LogP contribution in [-0.2, 0) is 9.47 Å². The summed E-state index contributed by atoms with van der Waals surface area (Å²) in [5.74, 6) is 0.863. The van der Waals surface area contributed by atoms with Gasteiger partial charge in [-0.05, 0) is 19.1 Å². The molecule has 0 spiro atoms. The molecule has 1 aliphatic heterocycles. The number of ether oxygens (including phenoxy) is 5. The van der Waals surface area contributed by atoms with Gasteiger partial charge in [0.25, 0.3) is 0 Å².